The molecule has 0 bridgehead atoms. The second-order valence-electron chi connectivity index (χ2n) is 2.60. The second kappa shape index (κ2) is 9.96. The van der Waals surface area contributed by atoms with Gasteiger partial charge in [0.25, 0.3) is 0 Å². The molecule has 0 rings (SSSR count). The van der Waals surface area contributed by atoms with Crippen LogP contribution in [0.2, 0.25) is 0 Å². The van der Waals surface area contributed by atoms with Crippen LogP contribution in [0.25, 0.3) is 0 Å². The molecule has 0 aromatic heterocycles. The molecule has 0 aliphatic carbocycles. The van der Waals surface area contributed by atoms with Crippen LogP contribution >= 0.6 is 15.9 Å². The highest BCUT2D eigenvalue weighted by atomic mass is 79.9. The van der Waals surface area contributed by atoms with Crippen LogP contribution in [0.1, 0.15) is 39.0 Å². The highest BCUT2D eigenvalue weighted by molar-refractivity contribution is 9.11. The fourth-order valence-electron chi connectivity index (χ4n) is 0.906. The SMILES string of the molecule is CCCCCC/C=C/C=C/Br. The van der Waals surface area contributed by atoms with E-state index in [2.05, 4.69) is 35.0 Å². The van der Waals surface area contributed by atoms with Gasteiger partial charge < -0.3 is 0 Å². The first-order chi connectivity index (χ1) is 5.41. The highest BCUT2D eigenvalue weighted by Crippen LogP contribution is 2.02. The molecule has 1 heteroatoms. The van der Waals surface area contributed by atoms with Crippen LogP contribution in [0, 0.1) is 0 Å². The first-order valence-electron chi connectivity index (χ1n) is 4.33. The molecular formula is C10H17Br. The zero-order valence-electron chi connectivity index (χ0n) is 7.22. The lowest BCUT2D eigenvalue weighted by molar-refractivity contribution is 0.674. The van der Waals surface area contributed by atoms with E-state index in [1.165, 1.54) is 32.1 Å². The Morgan fingerprint density at radius 1 is 1.09 bits per heavy atom. The Balaban J connectivity index is 3.01. The predicted octanol–water partition coefficient (Wildman–Crippen LogP) is 4.42. The van der Waals surface area contributed by atoms with Crippen molar-refractivity contribution in [1.29, 1.82) is 0 Å². The Hall–Kier alpha value is -0.0400. The third-order valence-electron chi connectivity index (χ3n) is 1.54. The van der Waals surface area contributed by atoms with Gasteiger partial charge in [0, 0.05) is 0 Å². The first-order valence-corrected chi connectivity index (χ1v) is 5.25. The molecule has 0 saturated carbocycles. The quantitative estimate of drug-likeness (QED) is 0.456. The Labute approximate surface area is 78.5 Å². The molecule has 0 aliphatic heterocycles. The van der Waals surface area contributed by atoms with Crippen molar-refractivity contribution in [3.05, 3.63) is 23.2 Å². The van der Waals surface area contributed by atoms with Crippen molar-refractivity contribution in [2.45, 2.75) is 39.0 Å². The van der Waals surface area contributed by atoms with E-state index < -0.39 is 0 Å². The largest absolute Gasteiger partial charge is 0.0845 e. The van der Waals surface area contributed by atoms with Gasteiger partial charge in [-0.15, -0.1) is 0 Å². The number of hydrogen-bond donors (Lipinski definition) is 0. The molecule has 0 atom stereocenters. The summed E-state index contributed by atoms with van der Waals surface area (Å²) in [6.07, 6.45) is 12.9. The second-order valence-corrected chi connectivity index (χ2v) is 3.12. The first kappa shape index (κ1) is 11.0. The molecule has 0 fully saturated rings. The molecule has 11 heavy (non-hydrogen) atoms. The molecule has 0 amide bonds. The Morgan fingerprint density at radius 3 is 2.55 bits per heavy atom. The number of hydrogen-bond acceptors (Lipinski definition) is 0. The molecule has 0 aliphatic rings. The van der Waals surface area contributed by atoms with E-state index in [0.29, 0.717) is 0 Å². The molecule has 0 N–H and O–H groups in total. The van der Waals surface area contributed by atoms with E-state index in [9.17, 15) is 0 Å². The van der Waals surface area contributed by atoms with Crippen LogP contribution < -0.4 is 0 Å². The maximum absolute atomic E-state index is 3.21. The third kappa shape index (κ3) is 9.96. The maximum Gasteiger partial charge on any atom is -0.0189 e. The van der Waals surface area contributed by atoms with E-state index >= 15 is 0 Å². The van der Waals surface area contributed by atoms with Crippen molar-refractivity contribution in [2.75, 3.05) is 0 Å². The van der Waals surface area contributed by atoms with Crippen LogP contribution in [0.4, 0.5) is 0 Å². The van der Waals surface area contributed by atoms with Crippen LogP contribution in [-0.4, -0.2) is 0 Å². The van der Waals surface area contributed by atoms with Crippen molar-refractivity contribution < 1.29 is 0 Å². The van der Waals surface area contributed by atoms with Gasteiger partial charge in [-0.1, -0.05) is 60.3 Å². The average molecular weight is 217 g/mol. The summed E-state index contributed by atoms with van der Waals surface area (Å²) in [4.78, 5) is 1.87. The Morgan fingerprint density at radius 2 is 1.91 bits per heavy atom. The molecular weight excluding hydrogens is 200 g/mol. The molecule has 0 aromatic carbocycles. The summed E-state index contributed by atoms with van der Waals surface area (Å²) in [5.41, 5.74) is 0. The van der Waals surface area contributed by atoms with E-state index in [-0.39, 0.29) is 0 Å². The predicted molar refractivity (Wildman–Crippen MR) is 56.0 cm³/mol. The Kier molecular flexibility index (Phi) is 9.92. The zero-order valence-corrected chi connectivity index (χ0v) is 8.81. The van der Waals surface area contributed by atoms with Crippen molar-refractivity contribution in [3.63, 3.8) is 0 Å². The minimum atomic E-state index is 1.22. The van der Waals surface area contributed by atoms with Crippen LogP contribution in [-0.2, 0) is 0 Å². The molecule has 0 heterocycles. The van der Waals surface area contributed by atoms with Crippen LogP contribution in [0.5, 0.6) is 0 Å². The lowest BCUT2D eigenvalue weighted by atomic mass is 10.1. The smallest absolute Gasteiger partial charge is 0.0189 e. The van der Waals surface area contributed by atoms with Crippen LogP contribution in [0.3, 0.4) is 0 Å². The Bertz CT molecular complexity index is 114. The summed E-state index contributed by atoms with van der Waals surface area (Å²) in [6.45, 7) is 2.24. The van der Waals surface area contributed by atoms with Crippen molar-refractivity contribution >= 4 is 15.9 Å². The van der Waals surface area contributed by atoms with Gasteiger partial charge in [0.15, 0.2) is 0 Å². The number of halogens is 1. The van der Waals surface area contributed by atoms with Gasteiger partial charge in [0.05, 0.1) is 0 Å². The van der Waals surface area contributed by atoms with Crippen molar-refractivity contribution in [2.24, 2.45) is 0 Å². The molecule has 0 unspecified atom stereocenters. The molecule has 0 saturated heterocycles. The molecule has 0 spiro atoms. The summed E-state index contributed by atoms with van der Waals surface area (Å²) in [7, 11) is 0. The highest BCUT2D eigenvalue weighted by Gasteiger charge is 1.82. The molecule has 0 aromatic rings. The third-order valence-corrected chi connectivity index (χ3v) is 1.85. The number of rotatable bonds is 6. The lowest BCUT2D eigenvalue weighted by Crippen LogP contribution is -1.72. The van der Waals surface area contributed by atoms with Gasteiger partial charge >= 0.3 is 0 Å². The van der Waals surface area contributed by atoms with Gasteiger partial charge in [-0.3, -0.25) is 0 Å². The lowest BCUT2D eigenvalue weighted by Gasteiger charge is -1.92. The normalized spacial score (nSPS) is 11.8. The molecule has 0 radical (unpaired) electrons. The van der Waals surface area contributed by atoms with Gasteiger partial charge in [0.1, 0.15) is 0 Å². The van der Waals surface area contributed by atoms with E-state index in [1.54, 1.807) is 0 Å². The average Bonchev–Trinajstić information content (AvgIpc) is 2.03. The van der Waals surface area contributed by atoms with E-state index in [4.69, 9.17) is 0 Å². The zero-order chi connectivity index (χ0) is 8.36. The minimum absolute atomic E-state index is 1.22. The standard InChI is InChI=1S/C10H17Br/c1-2-3-4-5-6-7-8-9-10-11/h7-10H,2-6H2,1H3/b8-7+,10-9+. The van der Waals surface area contributed by atoms with Gasteiger partial charge in [-0.25, -0.2) is 0 Å². The molecule has 64 valence electrons. The van der Waals surface area contributed by atoms with Crippen molar-refractivity contribution in [3.8, 4) is 0 Å². The fraction of sp³-hybridized carbons (Fsp3) is 0.600. The van der Waals surface area contributed by atoms with Crippen LogP contribution in [0.15, 0.2) is 23.2 Å². The monoisotopic (exact) mass is 216 g/mol. The minimum Gasteiger partial charge on any atom is -0.0845 e. The van der Waals surface area contributed by atoms with Gasteiger partial charge in [-0.2, -0.15) is 0 Å². The van der Waals surface area contributed by atoms with Gasteiger partial charge in [0.2, 0.25) is 0 Å². The summed E-state index contributed by atoms with van der Waals surface area (Å²) in [5.74, 6) is 0. The summed E-state index contributed by atoms with van der Waals surface area (Å²) >= 11 is 3.21. The van der Waals surface area contributed by atoms with E-state index in [0.717, 1.165) is 0 Å². The maximum atomic E-state index is 3.21. The fourth-order valence-corrected chi connectivity index (χ4v) is 1.08. The van der Waals surface area contributed by atoms with Gasteiger partial charge in [-0.05, 0) is 17.8 Å². The summed E-state index contributed by atoms with van der Waals surface area (Å²) in [5, 5.41) is 0. The topological polar surface area (TPSA) is 0 Å². The van der Waals surface area contributed by atoms with E-state index in [1.807, 2.05) is 11.1 Å². The number of unbranched alkanes of at least 4 members (excludes halogenated alkanes) is 4. The number of allylic oxidation sites excluding steroid dienone is 3. The summed E-state index contributed by atoms with van der Waals surface area (Å²) in [6, 6.07) is 0. The summed E-state index contributed by atoms with van der Waals surface area (Å²) < 4.78 is 0. The molecule has 0 nitrogen and oxygen atoms in total. The van der Waals surface area contributed by atoms with Crippen molar-refractivity contribution in [1.82, 2.24) is 0 Å².